The van der Waals surface area contributed by atoms with Crippen LogP contribution in [0.25, 0.3) is 5.69 Å². The van der Waals surface area contributed by atoms with E-state index in [4.69, 9.17) is 0 Å². The minimum atomic E-state index is 0.266. The molecule has 0 saturated heterocycles. The first-order valence-electron chi connectivity index (χ1n) is 4.24. The Morgan fingerprint density at radius 2 is 2.00 bits per heavy atom. The maximum atomic E-state index is 4.29. The Bertz CT molecular complexity index is 393. The summed E-state index contributed by atoms with van der Waals surface area (Å²) in [5, 5.41) is 8.03. The van der Waals surface area contributed by atoms with Crippen LogP contribution in [0.1, 0.15) is 17.4 Å². The Morgan fingerprint density at radius 3 is 2.50 bits per heavy atom. The summed E-state index contributed by atoms with van der Waals surface area (Å²) in [6.07, 6.45) is 5.04. The molecule has 0 radical (unpaired) electrons. The highest BCUT2D eigenvalue weighted by Gasteiger charge is 2.03. The summed E-state index contributed by atoms with van der Waals surface area (Å²) in [4.78, 5) is 6.09. The van der Waals surface area contributed by atoms with Crippen LogP contribution in [0.2, 0.25) is 0 Å². The van der Waals surface area contributed by atoms with Crippen LogP contribution >= 0.6 is 15.9 Å². The number of pyridine rings is 1. The van der Waals surface area contributed by atoms with Gasteiger partial charge in [0, 0.05) is 0 Å². The Morgan fingerprint density at radius 1 is 1.29 bits per heavy atom. The Hall–Kier alpha value is -1.23. The van der Waals surface area contributed by atoms with Crippen LogP contribution in [0.4, 0.5) is 0 Å². The lowest BCUT2D eigenvalue weighted by Crippen LogP contribution is -2.00. The predicted octanol–water partition coefficient (Wildman–Crippen LogP) is 2.12. The second kappa shape index (κ2) is 3.88. The molecule has 0 N–H and O–H groups in total. The van der Waals surface area contributed by atoms with Crippen molar-refractivity contribution in [1.82, 2.24) is 20.0 Å². The third kappa shape index (κ3) is 1.82. The molecule has 0 amide bonds. The topological polar surface area (TPSA) is 43.6 Å². The van der Waals surface area contributed by atoms with Crippen molar-refractivity contribution in [3.8, 4) is 5.69 Å². The minimum absolute atomic E-state index is 0.266. The highest BCUT2D eigenvalue weighted by atomic mass is 79.9. The van der Waals surface area contributed by atoms with Crippen molar-refractivity contribution in [2.75, 3.05) is 0 Å². The Balaban J connectivity index is 2.31. The minimum Gasteiger partial charge on any atom is -0.258 e. The number of halogens is 1. The molecule has 5 heteroatoms. The Labute approximate surface area is 90.1 Å². The predicted molar refractivity (Wildman–Crippen MR) is 56.5 cm³/mol. The van der Waals surface area contributed by atoms with Crippen molar-refractivity contribution >= 4 is 15.9 Å². The first kappa shape index (κ1) is 9.33. The molecule has 0 aromatic carbocycles. The molecule has 0 aliphatic carbocycles. The fourth-order valence-corrected chi connectivity index (χ4v) is 1.37. The van der Waals surface area contributed by atoms with Gasteiger partial charge < -0.3 is 0 Å². The van der Waals surface area contributed by atoms with E-state index in [0.29, 0.717) is 0 Å². The lowest BCUT2D eigenvalue weighted by atomic mass is 10.3. The van der Waals surface area contributed by atoms with E-state index < -0.39 is 0 Å². The SMILES string of the molecule is CC(Br)c1ccc(-n2nccn2)cn1. The van der Waals surface area contributed by atoms with Crippen LogP contribution in [-0.2, 0) is 0 Å². The van der Waals surface area contributed by atoms with Gasteiger partial charge in [0.2, 0.25) is 0 Å². The van der Waals surface area contributed by atoms with Crippen LogP contribution in [0.15, 0.2) is 30.7 Å². The average molecular weight is 253 g/mol. The molecule has 2 rings (SSSR count). The molecule has 14 heavy (non-hydrogen) atoms. The molecule has 1 unspecified atom stereocenters. The van der Waals surface area contributed by atoms with Gasteiger partial charge >= 0.3 is 0 Å². The fourth-order valence-electron chi connectivity index (χ4n) is 1.10. The second-order valence-electron chi connectivity index (χ2n) is 2.88. The molecule has 0 fully saturated rings. The zero-order chi connectivity index (χ0) is 9.97. The van der Waals surface area contributed by atoms with Gasteiger partial charge in [0.25, 0.3) is 0 Å². The summed E-state index contributed by atoms with van der Waals surface area (Å²) in [5.41, 5.74) is 1.87. The largest absolute Gasteiger partial charge is 0.258 e. The van der Waals surface area contributed by atoms with Crippen LogP contribution in [-0.4, -0.2) is 20.0 Å². The molecule has 0 spiro atoms. The van der Waals surface area contributed by atoms with Crippen LogP contribution < -0.4 is 0 Å². The van der Waals surface area contributed by atoms with E-state index in [1.165, 1.54) is 4.80 Å². The standard InChI is InChI=1S/C9H9BrN4/c1-7(10)9-3-2-8(6-11-9)14-12-4-5-13-14/h2-7H,1H3. The van der Waals surface area contributed by atoms with E-state index >= 15 is 0 Å². The van der Waals surface area contributed by atoms with Gasteiger partial charge in [-0.25, -0.2) is 0 Å². The third-order valence-electron chi connectivity index (χ3n) is 1.83. The molecule has 2 aromatic heterocycles. The summed E-state index contributed by atoms with van der Waals surface area (Å²) in [6, 6.07) is 3.90. The van der Waals surface area contributed by atoms with Gasteiger partial charge in [-0.1, -0.05) is 15.9 Å². The summed E-state index contributed by atoms with van der Waals surface area (Å²) >= 11 is 3.46. The smallest absolute Gasteiger partial charge is 0.104 e. The number of hydrogen-bond donors (Lipinski definition) is 0. The highest BCUT2D eigenvalue weighted by Crippen LogP contribution is 2.19. The van der Waals surface area contributed by atoms with E-state index in [1.807, 2.05) is 19.1 Å². The lowest BCUT2D eigenvalue weighted by Gasteiger charge is -2.03. The van der Waals surface area contributed by atoms with E-state index in [9.17, 15) is 0 Å². The molecule has 2 heterocycles. The molecule has 4 nitrogen and oxygen atoms in total. The molecular weight excluding hydrogens is 244 g/mol. The normalized spacial score (nSPS) is 12.7. The van der Waals surface area contributed by atoms with Gasteiger partial charge in [-0.05, 0) is 19.1 Å². The van der Waals surface area contributed by atoms with Gasteiger partial charge in [0.1, 0.15) is 5.69 Å². The third-order valence-corrected chi connectivity index (χ3v) is 2.30. The molecule has 72 valence electrons. The number of rotatable bonds is 2. The summed E-state index contributed by atoms with van der Waals surface area (Å²) < 4.78 is 0. The van der Waals surface area contributed by atoms with Gasteiger partial charge in [-0.3, -0.25) is 4.98 Å². The summed E-state index contributed by atoms with van der Waals surface area (Å²) in [7, 11) is 0. The summed E-state index contributed by atoms with van der Waals surface area (Å²) in [5.74, 6) is 0. The van der Waals surface area contributed by atoms with Crippen molar-refractivity contribution in [2.45, 2.75) is 11.8 Å². The van der Waals surface area contributed by atoms with Gasteiger partial charge in [0.15, 0.2) is 0 Å². The van der Waals surface area contributed by atoms with E-state index in [1.54, 1.807) is 18.6 Å². The maximum Gasteiger partial charge on any atom is 0.104 e. The first-order chi connectivity index (χ1) is 6.77. The monoisotopic (exact) mass is 252 g/mol. The number of nitrogens with zero attached hydrogens (tertiary/aromatic N) is 4. The van der Waals surface area contributed by atoms with Crippen molar-refractivity contribution in [3.63, 3.8) is 0 Å². The van der Waals surface area contributed by atoms with Crippen molar-refractivity contribution in [3.05, 3.63) is 36.4 Å². The van der Waals surface area contributed by atoms with E-state index in [2.05, 4.69) is 31.1 Å². The van der Waals surface area contributed by atoms with Gasteiger partial charge in [0.05, 0.1) is 29.1 Å². The quantitative estimate of drug-likeness (QED) is 0.770. The molecule has 2 aromatic rings. The number of alkyl halides is 1. The molecule has 0 aliphatic rings. The van der Waals surface area contributed by atoms with Crippen molar-refractivity contribution in [1.29, 1.82) is 0 Å². The van der Waals surface area contributed by atoms with Crippen molar-refractivity contribution in [2.24, 2.45) is 0 Å². The van der Waals surface area contributed by atoms with Crippen LogP contribution in [0, 0.1) is 0 Å². The van der Waals surface area contributed by atoms with Gasteiger partial charge in [-0.2, -0.15) is 15.0 Å². The molecule has 1 atom stereocenters. The molecule has 0 saturated carbocycles. The number of aromatic nitrogens is 4. The number of hydrogen-bond acceptors (Lipinski definition) is 3. The fraction of sp³-hybridized carbons (Fsp3) is 0.222. The summed E-state index contributed by atoms with van der Waals surface area (Å²) in [6.45, 7) is 2.04. The molecular formula is C9H9BrN4. The lowest BCUT2D eigenvalue weighted by molar-refractivity contribution is 0.746. The second-order valence-corrected chi connectivity index (χ2v) is 4.25. The van der Waals surface area contributed by atoms with E-state index in [-0.39, 0.29) is 4.83 Å². The highest BCUT2D eigenvalue weighted by molar-refractivity contribution is 9.09. The zero-order valence-corrected chi connectivity index (χ0v) is 9.22. The average Bonchev–Trinajstić information content (AvgIpc) is 2.71. The molecule has 0 aliphatic heterocycles. The van der Waals surface area contributed by atoms with Crippen LogP contribution in [0.3, 0.4) is 0 Å². The Kier molecular flexibility index (Phi) is 2.58. The molecule has 0 bridgehead atoms. The van der Waals surface area contributed by atoms with Gasteiger partial charge in [-0.15, -0.1) is 0 Å². The van der Waals surface area contributed by atoms with Crippen LogP contribution in [0.5, 0.6) is 0 Å². The van der Waals surface area contributed by atoms with E-state index in [0.717, 1.165) is 11.4 Å². The first-order valence-corrected chi connectivity index (χ1v) is 5.15. The zero-order valence-electron chi connectivity index (χ0n) is 7.63. The van der Waals surface area contributed by atoms with Crippen molar-refractivity contribution < 1.29 is 0 Å². The maximum absolute atomic E-state index is 4.29.